The van der Waals surface area contributed by atoms with E-state index in [9.17, 15) is 4.79 Å². The molecule has 0 aromatic carbocycles. The highest BCUT2D eigenvalue weighted by atomic mass is 127. The largest absolute Gasteiger partial charge is 0.357 e. The van der Waals surface area contributed by atoms with E-state index in [0.717, 1.165) is 18.9 Å². The molecule has 0 aromatic heterocycles. The number of hydrogen-bond donors (Lipinski definition) is 3. The quantitative estimate of drug-likeness (QED) is 0.289. The average Bonchev–Trinajstić information content (AvgIpc) is 2.24. The maximum Gasteiger partial charge on any atom is 0.216 e. The Hall–Kier alpha value is -0.530. The molecular formula is C11H25IN4O. The summed E-state index contributed by atoms with van der Waals surface area (Å²) in [5, 5.41) is 9.15. The van der Waals surface area contributed by atoms with Crippen molar-refractivity contribution in [1.29, 1.82) is 0 Å². The van der Waals surface area contributed by atoms with E-state index in [1.54, 1.807) is 0 Å². The predicted octanol–water partition coefficient (Wildman–Crippen LogP) is 1.09. The lowest BCUT2D eigenvalue weighted by atomic mass is 10.3. The van der Waals surface area contributed by atoms with Gasteiger partial charge in [0.15, 0.2) is 5.96 Å². The number of nitrogens with zero attached hydrogens (tertiary/aromatic N) is 1. The number of hydrogen-bond acceptors (Lipinski definition) is 2. The van der Waals surface area contributed by atoms with E-state index >= 15 is 0 Å². The Morgan fingerprint density at radius 1 is 1.29 bits per heavy atom. The van der Waals surface area contributed by atoms with Gasteiger partial charge in [-0.2, -0.15) is 0 Å². The highest BCUT2D eigenvalue weighted by Gasteiger charge is 2.01. The van der Waals surface area contributed by atoms with Crippen molar-refractivity contribution in [2.45, 2.75) is 40.2 Å². The minimum atomic E-state index is -0.0184. The summed E-state index contributed by atoms with van der Waals surface area (Å²) in [7, 11) is 0. The Labute approximate surface area is 121 Å². The van der Waals surface area contributed by atoms with E-state index in [4.69, 9.17) is 0 Å². The molecule has 0 rings (SSSR count). The Kier molecular flexibility index (Phi) is 13.2. The van der Waals surface area contributed by atoms with Gasteiger partial charge in [0.1, 0.15) is 0 Å². The van der Waals surface area contributed by atoms with Crippen molar-refractivity contribution in [2.24, 2.45) is 4.99 Å². The number of amides is 1. The second kappa shape index (κ2) is 11.9. The minimum absolute atomic E-state index is 0. The lowest BCUT2D eigenvalue weighted by Crippen LogP contribution is -2.42. The zero-order valence-corrected chi connectivity index (χ0v) is 13.5. The molecule has 0 saturated carbocycles. The Morgan fingerprint density at radius 3 is 2.41 bits per heavy atom. The molecule has 0 aliphatic rings. The van der Waals surface area contributed by atoms with E-state index in [1.807, 2.05) is 6.92 Å². The summed E-state index contributed by atoms with van der Waals surface area (Å²) in [5.74, 6) is 0.789. The van der Waals surface area contributed by atoms with Gasteiger partial charge in [0, 0.05) is 26.1 Å². The molecule has 0 saturated heterocycles. The summed E-state index contributed by atoms with van der Waals surface area (Å²) in [6.07, 6.45) is 1.05. The number of aliphatic imine (C=N–C) groups is 1. The van der Waals surface area contributed by atoms with Crippen LogP contribution in [0.4, 0.5) is 0 Å². The Bertz CT molecular complexity index is 234. The van der Waals surface area contributed by atoms with E-state index in [-0.39, 0.29) is 29.9 Å². The molecule has 1 unspecified atom stereocenters. The molecule has 0 radical (unpaired) electrons. The van der Waals surface area contributed by atoms with E-state index in [0.29, 0.717) is 19.1 Å². The molecule has 6 heteroatoms. The molecule has 0 heterocycles. The van der Waals surface area contributed by atoms with Gasteiger partial charge in [-0.25, -0.2) is 0 Å². The molecule has 0 spiro atoms. The summed E-state index contributed by atoms with van der Waals surface area (Å²) in [4.78, 5) is 15.0. The van der Waals surface area contributed by atoms with Crippen molar-refractivity contribution in [3.63, 3.8) is 0 Å². The standard InChI is InChI=1S/C11H24N4O.HI/c1-5-9(3)15-11(12-6-2)14-8-7-13-10(4)16;/h9H,5-8H2,1-4H3,(H,13,16)(H2,12,14,15);1H. The molecule has 0 aromatic rings. The van der Waals surface area contributed by atoms with Crippen LogP contribution in [0.25, 0.3) is 0 Å². The maximum absolute atomic E-state index is 10.6. The van der Waals surface area contributed by atoms with Gasteiger partial charge < -0.3 is 16.0 Å². The minimum Gasteiger partial charge on any atom is -0.357 e. The van der Waals surface area contributed by atoms with Crippen molar-refractivity contribution in [1.82, 2.24) is 16.0 Å². The zero-order chi connectivity index (χ0) is 12.4. The van der Waals surface area contributed by atoms with Crippen LogP contribution in [0.3, 0.4) is 0 Å². The van der Waals surface area contributed by atoms with Gasteiger partial charge in [0.2, 0.25) is 5.91 Å². The Balaban J connectivity index is 0. The van der Waals surface area contributed by atoms with Gasteiger partial charge in [-0.3, -0.25) is 9.79 Å². The number of halogens is 1. The highest BCUT2D eigenvalue weighted by molar-refractivity contribution is 14.0. The first kappa shape index (κ1) is 18.8. The summed E-state index contributed by atoms with van der Waals surface area (Å²) < 4.78 is 0. The van der Waals surface area contributed by atoms with Crippen molar-refractivity contribution in [3.05, 3.63) is 0 Å². The van der Waals surface area contributed by atoms with Crippen LogP contribution in [0.2, 0.25) is 0 Å². The smallest absolute Gasteiger partial charge is 0.216 e. The third kappa shape index (κ3) is 11.7. The van der Waals surface area contributed by atoms with Crippen molar-refractivity contribution in [3.8, 4) is 0 Å². The fraction of sp³-hybridized carbons (Fsp3) is 0.818. The topological polar surface area (TPSA) is 65.5 Å². The molecular weight excluding hydrogens is 331 g/mol. The van der Waals surface area contributed by atoms with Crippen LogP contribution in [0.1, 0.15) is 34.1 Å². The number of rotatable bonds is 6. The monoisotopic (exact) mass is 356 g/mol. The van der Waals surface area contributed by atoms with Crippen LogP contribution >= 0.6 is 24.0 Å². The molecule has 17 heavy (non-hydrogen) atoms. The van der Waals surface area contributed by atoms with Gasteiger partial charge >= 0.3 is 0 Å². The molecule has 0 aliphatic heterocycles. The van der Waals surface area contributed by atoms with Crippen LogP contribution in [0, 0.1) is 0 Å². The first-order chi connectivity index (χ1) is 7.60. The van der Waals surface area contributed by atoms with Gasteiger partial charge in [-0.1, -0.05) is 6.92 Å². The molecule has 1 atom stereocenters. The first-order valence-electron chi connectivity index (χ1n) is 5.89. The third-order valence-electron chi connectivity index (χ3n) is 2.10. The van der Waals surface area contributed by atoms with Crippen LogP contribution in [-0.2, 0) is 4.79 Å². The summed E-state index contributed by atoms with van der Waals surface area (Å²) in [5.41, 5.74) is 0. The van der Waals surface area contributed by atoms with Gasteiger partial charge in [0.25, 0.3) is 0 Å². The molecule has 0 aliphatic carbocycles. The number of carbonyl (C=O) groups is 1. The lowest BCUT2D eigenvalue weighted by Gasteiger charge is -2.16. The lowest BCUT2D eigenvalue weighted by molar-refractivity contribution is -0.118. The molecule has 5 nitrogen and oxygen atoms in total. The highest BCUT2D eigenvalue weighted by Crippen LogP contribution is 1.87. The SMILES string of the molecule is CCNC(=NCCNC(C)=O)NC(C)CC.I. The third-order valence-corrected chi connectivity index (χ3v) is 2.10. The fourth-order valence-electron chi connectivity index (χ4n) is 1.06. The second-order valence-electron chi connectivity index (χ2n) is 3.70. The van der Waals surface area contributed by atoms with E-state index in [2.05, 4.69) is 34.8 Å². The van der Waals surface area contributed by atoms with Crippen molar-refractivity contribution in [2.75, 3.05) is 19.6 Å². The fourth-order valence-corrected chi connectivity index (χ4v) is 1.06. The number of nitrogens with one attached hydrogen (secondary N) is 3. The van der Waals surface area contributed by atoms with Crippen LogP contribution in [0.15, 0.2) is 4.99 Å². The van der Waals surface area contributed by atoms with E-state index < -0.39 is 0 Å². The van der Waals surface area contributed by atoms with Crippen molar-refractivity contribution < 1.29 is 4.79 Å². The summed E-state index contributed by atoms with van der Waals surface area (Å²) >= 11 is 0. The molecule has 1 amide bonds. The first-order valence-corrected chi connectivity index (χ1v) is 5.89. The molecule has 0 fully saturated rings. The van der Waals surface area contributed by atoms with Crippen molar-refractivity contribution >= 4 is 35.8 Å². The number of guanidine groups is 1. The number of carbonyl (C=O) groups excluding carboxylic acids is 1. The van der Waals surface area contributed by atoms with Gasteiger partial charge in [0.05, 0.1) is 6.54 Å². The second-order valence-corrected chi connectivity index (χ2v) is 3.70. The summed E-state index contributed by atoms with van der Waals surface area (Å²) in [6, 6.07) is 0.401. The summed E-state index contributed by atoms with van der Waals surface area (Å²) in [6.45, 7) is 9.77. The zero-order valence-electron chi connectivity index (χ0n) is 11.2. The molecule has 102 valence electrons. The average molecular weight is 356 g/mol. The molecule has 0 bridgehead atoms. The predicted molar refractivity (Wildman–Crippen MR) is 83.0 cm³/mol. The van der Waals surface area contributed by atoms with E-state index in [1.165, 1.54) is 6.92 Å². The maximum atomic E-state index is 10.6. The normalized spacial score (nSPS) is 12.4. The van der Waals surface area contributed by atoms with Crippen LogP contribution in [-0.4, -0.2) is 37.5 Å². The Morgan fingerprint density at radius 2 is 1.94 bits per heavy atom. The van der Waals surface area contributed by atoms with Crippen LogP contribution in [0.5, 0.6) is 0 Å². The molecule has 3 N–H and O–H groups in total. The van der Waals surface area contributed by atoms with Gasteiger partial charge in [-0.15, -0.1) is 24.0 Å². The van der Waals surface area contributed by atoms with Crippen LogP contribution < -0.4 is 16.0 Å². The van der Waals surface area contributed by atoms with Gasteiger partial charge in [-0.05, 0) is 20.3 Å².